The monoisotopic (exact) mass is 326 g/mol. The highest BCUT2D eigenvalue weighted by Gasteiger charge is 2.27. The first-order valence-corrected chi connectivity index (χ1v) is 8.81. The van der Waals surface area contributed by atoms with E-state index in [0.717, 1.165) is 11.3 Å². The van der Waals surface area contributed by atoms with Gasteiger partial charge in [-0.05, 0) is 36.5 Å². The highest BCUT2D eigenvalue weighted by atomic mass is 35.5. The highest BCUT2D eigenvalue weighted by Crippen LogP contribution is 2.31. The molecule has 1 aliphatic carbocycles. The number of halogens is 1. The van der Waals surface area contributed by atoms with Gasteiger partial charge in [-0.3, -0.25) is 4.79 Å². The third-order valence-corrected chi connectivity index (χ3v) is 5.87. The summed E-state index contributed by atoms with van der Waals surface area (Å²) in [5.74, 6) is 1.70. The standard InChI is InChI=1S/C16H23ClN2OS/c1-10-4-3-5-14(11(10)2)19-16(20)9-21-15-7-6-12(18)8-13(15)17/h6-8,10-11,14H,3-5,9,18H2,1-2H3,(H,19,20). The van der Waals surface area contributed by atoms with Crippen LogP contribution in [0.15, 0.2) is 23.1 Å². The molecule has 0 bridgehead atoms. The third-order valence-electron chi connectivity index (χ3n) is 4.37. The van der Waals surface area contributed by atoms with Crippen molar-refractivity contribution in [1.29, 1.82) is 0 Å². The van der Waals surface area contributed by atoms with Crippen LogP contribution in [0.1, 0.15) is 33.1 Å². The van der Waals surface area contributed by atoms with Crippen LogP contribution >= 0.6 is 23.4 Å². The zero-order chi connectivity index (χ0) is 15.4. The Kier molecular flexibility index (Phi) is 5.82. The van der Waals surface area contributed by atoms with E-state index in [1.54, 1.807) is 12.1 Å². The number of nitrogens with one attached hydrogen (secondary N) is 1. The van der Waals surface area contributed by atoms with Crippen molar-refractivity contribution in [2.45, 2.75) is 44.0 Å². The molecule has 116 valence electrons. The SMILES string of the molecule is CC1CCCC(NC(=O)CSc2ccc(N)cc2Cl)C1C. The quantitative estimate of drug-likeness (QED) is 0.650. The van der Waals surface area contributed by atoms with Gasteiger partial charge in [-0.15, -0.1) is 11.8 Å². The van der Waals surface area contributed by atoms with Gasteiger partial charge >= 0.3 is 0 Å². The molecule has 2 rings (SSSR count). The number of hydrogen-bond acceptors (Lipinski definition) is 3. The number of thioether (sulfide) groups is 1. The molecule has 0 aromatic heterocycles. The van der Waals surface area contributed by atoms with E-state index in [0.29, 0.717) is 34.3 Å². The van der Waals surface area contributed by atoms with Gasteiger partial charge in [0.15, 0.2) is 0 Å². The molecule has 0 radical (unpaired) electrons. The van der Waals surface area contributed by atoms with Gasteiger partial charge in [0.05, 0.1) is 10.8 Å². The average Bonchev–Trinajstić information content (AvgIpc) is 2.43. The minimum atomic E-state index is 0.0823. The predicted octanol–water partition coefficient (Wildman–Crippen LogP) is 3.96. The zero-order valence-corrected chi connectivity index (χ0v) is 14.1. The summed E-state index contributed by atoms with van der Waals surface area (Å²) in [4.78, 5) is 13.0. The number of nitrogens with two attached hydrogens (primary N) is 1. The summed E-state index contributed by atoms with van der Waals surface area (Å²) in [5.41, 5.74) is 6.30. The summed E-state index contributed by atoms with van der Waals surface area (Å²) in [5, 5.41) is 3.78. The normalized spacial score (nSPS) is 25.6. The summed E-state index contributed by atoms with van der Waals surface area (Å²) in [7, 11) is 0. The number of benzene rings is 1. The van der Waals surface area contributed by atoms with Crippen molar-refractivity contribution in [1.82, 2.24) is 5.32 Å². The maximum Gasteiger partial charge on any atom is 0.230 e. The maximum atomic E-state index is 12.1. The van der Waals surface area contributed by atoms with Crippen molar-refractivity contribution in [2.75, 3.05) is 11.5 Å². The van der Waals surface area contributed by atoms with Gasteiger partial charge in [0.1, 0.15) is 0 Å². The fraction of sp³-hybridized carbons (Fsp3) is 0.562. The second kappa shape index (κ2) is 7.41. The number of carbonyl (C=O) groups excluding carboxylic acids is 1. The van der Waals surface area contributed by atoms with Crippen LogP contribution < -0.4 is 11.1 Å². The van der Waals surface area contributed by atoms with Gasteiger partial charge in [0, 0.05) is 16.6 Å². The fourth-order valence-corrected chi connectivity index (χ4v) is 3.90. The van der Waals surface area contributed by atoms with Crippen LogP contribution in [0.2, 0.25) is 5.02 Å². The second-order valence-electron chi connectivity index (χ2n) is 5.92. The van der Waals surface area contributed by atoms with E-state index in [4.69, 9.17) is 17.3 Å². The van der Waals surface area contributed by atoms with Crippen LogP contribution in [0.3, 0.4) is 0 Å². The van der Waals surface area contributed by atoms with E-state index in [1.165, 1.54) is 24.6 Å². The Balaban J connectivity index is 1.84. The Hall–Kier alpha value is -0.870. The number of amides is 1. The lowest BCUT2D eigenvalue weighted by atomic mass is 9.78. The minimum absolute atomic E-state index is 0.0823. The first-order chi connectivity index (χ1) is 9.97. The molecular weight excluding hydrogens is 304 g/mol. The van der Waals surface area contributed by atoms with Gasteiger partial charge in [-0.25, -0.2) is 0 Å². The summed E-state index contributed by atoms with van der Waals surface area (Å²) >= 11 is 7.57. The van der Waals surface area contributed by atoms with Crippen molar-refractivity contribution in [3.8, 4) is 0 Å². The summed E-state index contributed by atoms with van der Waals surface area (Å²) in [6, 6.07) is 5.69. The van der Waals surface area contributed by atoms with Crippen LogP contribution in [-0.2, 0) is 4.79 Å². The average molecular weight is 327 g/mol. The van der Waals surface area contributed by atoms with E-state index in [1.807, 2.05) is 6.07 Å². The number of nitrogen functional groups attached to an aromatic ring is 1. The molecule has 3 nitrogen and oxygen atoms in total. The number of rotatable bonds is 4. The highest BCUT2D eigenvalue weighted by molar-refractivity contribution is 8.00. The molecule has 0 spiro atoms. The third kappa shape index (κ3) is 4.55. The van der Waals surface area contributed by atoms with E-state index in [2.05, 4.69) is 19.2 Å². The van der Waals surface area contributed by atoms with Gasteiger partial charge < -0.3 is 11.1 Å². The number of carbonyl (C=O) groups is 1. The Morgan fingerprint density at radius 1 is 1.43 bits per heavy atom. The summed E-state index contributed by atoms with van der Waals surface area (Å²) in [6.45, 7) is 4.50. The topological polar surface area (TPSA) is 55.1 Å². The van der Waals surface area contributed by atoms with Crippen LogP contribution in [0, 0.1) is 11.8 Å². The van der Waals surface area contributed by atoms with Gasteiger partial charge in [-0.2, -0.15) is 0 Å². The van der Waals surface area contributed by atoms with E-state index in [-0.39, 0.29) is 5.91 Å². The van der Waals surface area contributed by atoms with Crippen molar-refractivity contribution in [2.24, 2.45) is 11.8 Å². The largest absolute Gasteiger partial charge is 0.399 e. The molecule has 5 heteroatoms. The van der Waals surface area contributed by atoms with Crippen LogP contribution in [0.4, 0.5) is 5.69 Å². The number of hydrogen-bond donors (Lipinski definition) is 2. The molecule has 1 fully saturated rings. The molecule has 0 saturated heterocycles. The van der Waals surface area contributed by atoms with Crippen molar-refractivity contribution < 1.29 is 4.79 Å². The van der Waals surface area contributed by atoms with E-state index < -0.39 is 0 Å². The van der Waals surface area contributed by atoms with Gasteiger partial charge in [0.25, 0.3) is 0 Å². The molecule has 1 aliphatic rings. The lowest BCUT2D eigenvalue weighted by Gasteiger charge is -2.34. The van der Waals surface area contributed by atoms with Crippen LogP contribution in [0.5, 0.6) is 0 Å². The zero-order valence-electron chi connectivity index (χ0n) is 12.6. The molecule has 3 N–H and O–H groups in total. The molecular formula is C16H23ClN2OS. The van der Waals surface area contributed by atoms with E-state index in [9.17, 15) is 4.79 Å². The van der Waals surface area contributed by atoms with Gasteiger partial charge in [0.2, 0.25) is 5.91 Å². The fourth-order valence-electron chi connectivity index (χ4n) is 2.81. The first kappa shape index (κ1) is 16.5. The first-order valence-electron chi connectivity index (χ1n) is 7.44. The van der Waals surface area contributed by atoms with Gasteiger partial charge in [-0.1, -0.05) is 38.3 Å². The van der Waals surface area contributed by atoms with Crippen LogP contribution in [0.25, 0.3) is 0 Å². The van der Waals surface area contributed by atoms with Crippen molar-refractivity contribution in [3.05, 3.63) is 23.2 Å². The Labute approximate surface area is 136 Å². The molecule has 3 atom stereocenters. The Morgan fingerprint density at radius 2 is 2.19 bits per heavy atom. The molecule has 3 unspecified atom stereocenters. The second-order valence-corrected chi connectivity index (χ2v) is 7.34. The molecule has 1 aromatic rings. The van der Waals surface area contributed by atoms with Crippen molar-refractivity contribution >= 4 is 35.0 Å². The molecule has 21 heavy (non-hydrogen) atoms. The Bertz CT molecular complexity index is 509. The minimum Gasteiger partial charge on any atom is -0.399 e. The molecule has 1 aromatic carbocycles. The maximum absolute atomic E-state index is 12.1. The van der Waals surface area contributed by atoms with Crippen molar-refractivity contribution in [3.63, 3.8) is 0 Å². The lowest BCUT2D eigenvalue weighted by molar-refractivity contribution is -0.119. The predicted molar refractivity (Wildman–Crippen MR) is 90.7 cm³/mol. The Morgan fingerprint density at radius 3 is 2.90 bits per heavy atom. The molecule has 0 aliphatic heterocycles. The smallest absolute Gasteiger partial charge is 0.230 e. The molecule has 1 saturated carbocycles. The number of anilines is 1. The summed E-state index contributed by atoms with van der Waals surface area (Å²) in [6.07, 6.45) is 3.56. The van der Waals surface area contributed by atoms with E-state index >= 15 is 0 Å². The molecule has 1 amide bonds. The molecule has 0 heterocycles. The summed E-state index contributed by atoms with van der Waals surface area (Å²) < 4.78 is 0. The van der Waals surface area contributed by atoms with Crippen LogP contribution in [-0.4, -0.2) is 17.7 Å². The lowest BCUT2D eigenvalue weighted by Crippen LogP contribution is -2.44.